The summed E-state index contributed by atoms with van der Waals surface area (Å²) in [4.78, 5) is 37.8. The average molecular weight is 1090 g/mol. The molecule has 0 aliphatic carbocycles. The molecule has 3 atom stereocenters. The first-order valence-corrected chi connectivity index (χ1v) is 34.3. The third-order valence-corrected chi connectivity index (χ3v) is 15.8. The van der Waals surface area contributed by atoms with Crippen LogP contribution in [-0.4, -0.2) is 74.3 Å². The molecule has 0 heterocycles. The van der Waals surface area contributed by atoms with E-state index in [0.717, 1.165) is 64.2 Å². The molecule has 10 heteroatoms. The molecule has 0 aromatic heterocycles. The van der Waals surface area contributed by atoms with Crippen LogP contribution in [0.3, 0.4) is 0 Å². The Hall–Kier alpha value is -1.77. The summed E-state index contributed by atoms with van der Waals surface area (Å²) in [6.45, 7) is 7.03. The van der Waals surface area contributed by atoms with E-state index >= 15 is 0 Å². The van der Waals surface area contributed by atoms with Gasteiger partial charge in [-0.2, -0.15) is 0 Å². The van der Waals surface area contributed by atoms with Gasteiger partial charge in [-0.25, -0.2) is 4.57 Å². The molecule has 2 N–H and O–H groups in total. The molecule has 76 heavy (non-hydrogen) atoms. The lowest BCUT2D eigenvalue weighted by molar-refractivity contribution is -0.870. The summed E-state index contributed by atoms with van der Waals surface area (Å²) in [6, 6.07) is -0.845. The third kappa shape index (κ3) is 56.9. The molecule has 0 aliphatic rings. The maximum Gasteiger partial charge on any atom is 0.472 e. The number of quaternary nitrogens is 1. The van der Waals surface area contributed by atoms with Crippen molar-refractivity contribution in [2.24, 2.45) is 0 Å². The van der Waals surface area contributed by atoms with Gasteiger partial charge in [-0.1, -0.05) is 282 Å². The number of unbranched alkanes of at least 4 members (excludes halogenated alkanes) is 40. The van der Waals surface area contributed by atoms with Gasteiger partial charge in [-0.15, -0.1) is 0 Å². The van der Waals surface area contributed by atoms with Gasteiger partial charge in [0.05, 0.1) is 33.8 Å². The van der Waals surface area contributed by atoms with Crippen LogP contribution >= 0.6 is 7.82 Å². The first kappa shape index (κ1) is 74.2. The van der Waals surface area contributed by atoms with E-state index in [2.05, 4.69) is 50.4 Å². The van der Waals surface area contributed by atoms with Crippen molar-refractivity contribution >= 4 is 19.7 Å². The smallest absolute Gasteiger partial charge is 0.456 e. The van der Waals surface area contributed by atoms with Gasteiger partial charge in [0.2, 0.25) is 5.91 Å². The summed E-state index contributed by atoms with van der Waals surface area (Å²) >= 11 is 0. The van der Waals surface area contributed by atoms with Crippen molar-refractivity contribution in [2.45, 2.75) is 335 Å². The van der Waals surface area contributed by atoms with Crippen molar-refractivity contribution < 1.29 is 37.3 Å². The van der Waals surface area contributed by atoms with Gasteiger partial charge in [0.25, 0.3) is 0 Å². The van der Waals surface area contributed by atoms with E-state index < -0.39 is 20.0 Å². The zero-order valence-corrected chi connectivity index (χ0v) is 52.2. The molecule has 0 bridgehead atoms. The van der Waals surface area contributed by atoms with Gasteiger partial charge in [0.15, 0.2) is 0 Å². The number of allylic oxidation sites excluding steroid dienone is 5. The Labute approximate surface area is 472 Å². The highest BCUT2D eigenvalue weighted by Crippen LogP contribution is 2.43. The summed E-state index contributed by atoms with van der Waals surface area (Å²) < 4.78 is 30.8. The number of phosphoric ester groups is 1. The van der Waals surface area contributed by atoms with Gasteiger partial charge in [0, 0.05) is 12.8 Å². The predicted octanol–water partition coefficient (Wildman–Crippen LogP) is 20.3. The zero-order valence-electron chi connectivity index (χ0n) is 51.3. The Balaban J connectivity index is 5.16. The van der Waals surface area contributed by atoms with Crippen LogP contribution in [0.15, 0.2) is 36.5 Å². The second-order valence-corrected chi connectivity index (χ2v) is 25.1. The Morgan fingerprint density at radius 3 is 1.21 bits per heavy atom. The number of nitrogens with zero attached hydrogens (tertiary/aromatic N) is 1. The van der Waals surface area contributed by atoms with Gasteiger partial charge in [0.1, 0.15) is 19.3 Å². The monoisotopic (exact) mass is 1090 g/mol. The number of carbonyl (C=O) groups is 2. The largest absolute Gasteiger partial charge is 0.472 e. The molecular formula is C66H128N2O7P+. The normalized spacial score (nSPS) is 13.8. The van der Waals surface area contributed by atoms with E-state index in [-0.39, 0.29) is 25.1 Å². The standard InChI is InChI=1S/C66H127N2O7P/c1-7-10-13-16-19-22-25-28-30-32-33-34-35-37-38-40-43-46-49-52-55-58-65(69)67-63(62-74-76(71,72)73-61-60-68(4,5)6)64(57-54-51-48-45-42-27-24-21-18-15-12-9-3)75-66(70)59-56-53-50-47-44-41-39-36-31-29-26-23-20-17-14-11-8-2/h19,22,28,30,54,57,63-64H,7-18,20-21,23-27,29,31-53,55-56,58-62H2,1-6H3,(H-,67,69,71,72)/p+1/b22-19-,30-28-,57-54+. The quantitative estimate of drug-likeness (QED) is 0.0205. The van der Waals surface area contributed by atoms with Crippen LogP contribution in [0.1, 0.15) is 323 Å². The molecule has 0 spiro atoms. The molecular weight excluding hydrogens is 964 g/mol. The molecule has 0 aromatic rings. The Bertz CT molecular complexity index is 1400. The van der Waals surface area contributed by atoms with E-state index in [1.807, 2.05) is 33.3 Å². The van der Waals surface area contributed by atoms with Crippen LogP contribution in [0.4, 0.5) is 0 Å². The fraction of sp³-hybridized carbons (Fsp3) is 0.879. The van der Waals surface area contributed by atoms with Crippen molar-refractivity contribution in [2.75, 3.05) is 40.9 Å². The number of likely N-dealkylation sites (N-methyl/N-ethyl adjacent to an activating group) is 1. The minimum absolute atomic E-state index is 0.0424. The molecule has 0 aliphatic heterocycles. The number of phosphoric acid groups is 1. The van der Waals surface area contributed by atoms with E-state index in [4.69, 9.17) is 13.8 Å². The summed E-state index contributed by atoms with van der Waals surface area (Å²) in [5.41, 5.74) is 0. The molecule has 0 saturated carbocycles. The fourth-order valence-electron chi connectivity index (χ4n) is 9.74. The van der Waals surface area contributed by atoms with Crippen LogP contribution in [0.5, 0.6) is 0 Å². The zero-order chi connectivity index (χ0) is 55.7. The number of hydrogen-bond acceptors (Lipinski definition) is 6. The number of esters is 1. The van der Waals surface area contributed by atoms with E-state index in [9.17, 15) is 19.0 Å². The van der Waals surface area contributed by atoms with Crippen molar-refractivity contribution in [1.29, 1.82) is 0 Å². The predicted molar refractivity (Wildman–Crippen MR) is 328 cm³/mol. The molecule has 3 unspecified atom stereocenters. The molecule has 9 nitrogen and oxygen atoms in total. The summed E-state index contributed by atoms with van der Waals surface area (Å²) in [6.07, 6.45) is 68.5. The van der Waals surface area contributed by atoms with Crippen LogP contribution in [0.25, 0.3) is 0 Å². The maximum atomic E-state index is 13.6. The lowest BCUT2D eigenvalue weighted by Gasteiger charge is -2.27. The number of hydrogen-bond donors (Lipinski definition) is 2. The Kier molecular flexibility index (Phi) is 55.2. The maximum absolute atomic E-state index is 13.6. The number of rotatable bonds is 60. The van der Waals surface area contributed by atoms with Crippen molar-refractivity contribution in [1.82, 2.24) is 5.32 Å². The van der Waals surface area contributed by atoms with E-state index in [0.29, 0.717) is 23.9 Å². The number of nitrogens with one attached hydrogen (secondary N) is 1. The first-order valence-electron chi connectivity index (χ1n) is 32.8. The van der Waals surface area contributed by atoms with Gasteiger partial charge < -0.3 is 19.4 Å². The van der Waals surface area contributed by atoms with Crippen LogP contribution < -0.4 is 5.32 Å². The van der Waals surface area contributed by atoms with Gasteiger partial charge >= 0.3 is 13.8 Å². The molecule has 0 saturated heterocycles. The highest BCUT2D eigenvalue weighted by molar-refractivity contribution is 7.47. The van der Waals surface area contributed by atoms with E-state index in [1.54, 1.807) is 0 Å². The topological polar surface area (TPSA) is 111 Å². The molecule has 0 aromatic carbocycles. The fourth-order valence-corrected chi connectivity index (χ4v) is 10.5. The van der Waals surface area contributed by atoms with Gasteiger partial charge in [-0.3, -0.25) is 18.6 Å². The molecule has 1 amide bonds. The number of carbonyl (C=O) groups excluding carboxylic acids is 2. The van der Waals surface area contributed by atoms with Crippen LogP contribution in [0, 0.1) is 0 Å². The lowest BCUT2D eigenvalue weighted by atomic mass is 10.0. The number of ether oxygens (including phenoxy) is 1. The van der Waals surface area contributed by atoms with E-state index in [1.165, 1.54) is 225 Å². The third-order valence-electron chi connectivity index (χ3n) is 14.8. The molecule has 0 fully saturated rings. The second-order valence-electron chi connectivity index (χ2n) is 23.6. The highest BCUT2D eigenvalue weighted by Gasteiger charge is 2.30. The van der Waals surface area contributed by atoms with Crippen molar-refractivity contribution in [3.63, 3.8) is 0 Å². The Morgan fingerprint density at radius 2 is 0.803 bits per heavy atom. The summed E-state index contributed by atoms with van der Waals surface area (Å²) in [5, 5.41) is 3.07. The molecule has 448 valence electrons. The van der Waals surface area contributed by atoms with Crippen LogP contribution in [0.2, 0.25) is 0 Å². The lowest BCUT2D eigenvalue weighted by Crippen LogP contribution is -2.47. The first-order chi connectivity index (χ1) is 36.9. The van der Waals surface area contributed by atoms with Gasteiger partial charge in [-0.05, 0) is 63.9 Å². The molecule has 0 rings (SSSR count). The second kappa shape index (κ2) is 56.5. The molecule has 0 radical (unpaired) electrons. The van der Waals surface area contributed by atoms with Crippen molar-refractivity contribution in [3.8, 4) is 0 Å². The van der Waals surface area contributed by atoms with Crippen molar-refractivity contribution in [3.05, 3.63) is 36.5 Å². The number of amides is 1. The average Bonchev–Trinajstić information content (AvgIpc) is 3.38. The minimum Gasteiger partial charge on any atom is -0.456 e. The summed E-state index contributed by atoms with van der Waals surface area (Å²) in [5.74, 6) is -0.491. The van der Waals surface area contributed by atoms with Crippen LogP contribution in [-0.2, 0) is 27.9 Å². The highest BCUT2D eigenvalue weighted by atomic mass is 31.2. The SMILES string of the molecule is CCCCC/C=C\C/C=C\CCCCCCCCCCCCCC(=O)NC(COP(=O)(O)OCC[N+](C)(C)C)C(/C=C/CCCCCCCCCCCC)OC(=O)CCCCCCCCCCCCCCCCCCC. The summed E-state index contributed by atoms with van der Waals surface area (Å²) in [7, 11) is 1.51. The minimum atomic E-state index is -4.45. The Morgan fingerprint density at radius 1 is 0.461 bits per heavy atom.